The van der Waals surface area contributed by atoms with E-state index in [-0.39, 0.29) is 5.91 Å². The first-order valence-corrected chi connectivity index (χ1v) is 7.89. The quantitative estimate of drug-likeness (QED) is 0.627. The molecule has 0 atom stereocenters. The monoisotopic (exact) mass is 301 g/mol. The van der Waals surface area contributed by atoms with E-state index in [1.165, 1.54) is 4.90 Å². The molecular formula is C17H19NO2S. The van der Waals surface area contributed by atoms with Crippen LogP contribution < -0.4 is 10.1 Å². The molecule has 0 aromatic heterocycles. The van der Waals surface area contributed by atoms with Gasteiger partial charge in [0.1, 0.15) is 5.75 Å². The number of carbonyl (C=O) groups is 1. The second-order valence-electron chi connectivity index (χ2n) is 4.47. The summed E-state index contributed by atoms with van der Waals surface area (Å²) in [6.07, 6.45) is 0.931. The van der Waals surface area contributed by atoms with Crippen molar-refractivity contribution in [3.05, 3.63) is 60.2 Å². The molecule has 1 amide bonds. The van der Waals surface area contributed by atoms with Crippen molar-refractivity contribution in [1.29, 1.82) is 0 Å². The van der Waals surface area contributed by atoms with Crippen LogP contribution >= 0.6 is 11.8 Å². The number of benzene rings is 2. The highest BCUT2D eigenvalue weighted by atomic mass is 32.2. The molecule has 0 aliphatic heterocycles. The number of methoxy groups -OCH3 is 1. The Labute approximate surface area is 129 Å². The summed E-state index contributed by atoms with van der Waals surface area (Å²) in [6.45, 7) is 0.663. The van der Waals surface area contributed by atoms with Gasteiger partial charge in [-0.3, -0.25) is 4.79 Å². The predicted octanol–water partition coefficient (Wildman–Crippen LogP) is 3.61. The molecule has 0 fully saturated rings. The van der Waals surface area contributed by atoms with E-state index in [1.807, 2.05) is 30.3 Å². The average Bonchev–Trinajstić information content (AvgIpc) is 2.55. The Bertz CT molecular complexity index is 572. The minimum atomic E-state index is -0.0860. The van der Waals surface area contributed by atoms with E-state index >= 15 is 0 Å². The van der Waals surface area contributed by atoms with Crippen molar-refractivity contribution in [3.8, 4) is 5.75 Å². The lowest BCUT2D eigenvalue weighted by Crippen LogP contribution is -2.25. The molecule has 0 saturated carbocycles. The molecule has 0 spiro atoms. The van der Waals surface area contributed by atoms with E-state index in [9.17, 15) is 4.79 Å². The third-order valence-corrected chi connectivity index (χ3v) is 4.07. The zero-order valence-electron chi connectivity index (χ0n) is 12.0. The molecule has 0 saturated heterocycles. The van der Waals surface area contributed by atoms with Crippen molar-refractivity contribution >= 4 is 17.7 Å². The van der Waals surface area contributed by atoms with E-state index in [1.54, 1.807) is 31.0 Å². The molecule has 110 valence electrons. The first-order chi connectivity index (χ1) is 10.3. The maximum absolute atomic E-state index is 12.1. The van der Waals surface area contributed by atoms with Crippen LogP contribution in [0.4, 0.5) is 0 Å². The van der Waals surface area contributed by atoms with Gasteiger partial charge < -0.3 is 10.1 Å². The molecule has 4 heteroatoms. The SMILES string of the molecule is COc1ccccc1C(=O)NCCCSc1ccccc1. The molecule has 1 N–H and O–H groups in total. The van der Waals surface area contributed by atoms with Gasteiger partial charge in [-0.15, -0.1) is 11.8 Å². The highest BCUT2D eigenvalue weighted by molar-refractivity contribution is 7.99. The first-order valence-electron chi connectivity index (χ1n) is 6.90. The van der Waals surface area contributed by atoms with Crippen molar-refractivity contribution < 1.29 is 9.53 Å². The Morgan fingerprint density at radius 1 is 1.10 bits per heavy atom. The van der Waals surface area contributed by atoms with Crippen LogP contribution in [0.2, 0.25) is 0 Å². The normalized spacial score (nSPS) is 10.1. The van der Waals surface area contributed by atoms with Crippen LogP contribution in [0.15, 0.2) is 59.5 Å². The van der Waals surface area contributed by atoms with E-state index in [0.717, 1.165) is 12.2 Å². The fraction of sp³-hybridized carbons (Fsp3) is 0.235. The topological polar surface area (TPSA) is 38.3 Å². The smallest absolute Gasteiger partial charge is 0.255 e. The Morgan fingerprint density at radius 3 is 2.57 bits per heavy atom. The molecule has 0 aliphatic rings. The van der Waals surface area contributed by atoms with E-state index < -0.39 is 0 Å². The predicted molar refractivity (Wildman–Crippen MR) is 87.1 cm³/mol. The lowest BCUT2D eigenvalue weighted by Gasteiger charge is -2.09. The molecule has 2 rings (SSSR count). The number of thioether (sulfide) groups is 1. The molecule has 21 heavy (non-hydrogen) atoms. The lowest BCUT2D eigenvalue weighted by atomic mass is 10.2. The van der Waals surface area contributed by atoms with Gasteiger partial charge >= 0.3 is 0 Å². The zero-order chi connectivity index (χ0) is 14.9. The minimum Gasteiger partial charge on any atom is -0.496 e. The molecule has 2 aromatic carbocycles. The molecule has 0 bridgehead atoms. The Kier molecular flexibility index (Phi) is 6.16. The first kappa shape index (κ1) is 15.4. The Morgan fingerprint density at radius 2 is 1.81 bits per heavy atom. The van der Waals surface area contributed by atoms with Crippen LogP contribution in [0.1, 0.15) is 16.8 Å². The van der Waals surface area contributed by atoms with Gasteiger partial charge in [0, 0.05) is 11.4 Å². The van der Waals surface area contributed by atoms with Crippen molar-refractivity contribution in [2.24, 2.45) is 0 Å². The largest absolute Gasteiger partial charge is 0.496 e. The molecule has 0 unspecified atom stereocenters. The highest BCUT2D eigenvalue weighted by Crippen LogP contribution is 2.18. The number of amides is 1. The number of ether oxygens (including phenoxy) is 1. The molecular weight excluding hydrogens is 282 g/mol. The highest BCUT2D eigenvalue weighted by Gasteiger charge is 2.10. The third kappa shape index (κ3) is 4.83. The van der Waals surface area contributed by atoms with E-state index in [2.05, 4.69) is 17.4 Å². The second kappa shape index (κ2) is 8.37. The summed E-state index contributed by atoms with van der Waals surface area (Å²) in [5.74, 6) is 1.50. The van der Waals surface area contributed by atoms with Gasteiger partial charge in [0.05, 0.1) is 12.7 Å². The van der Waals surface area contributed by atoms with Gasteiger partial charge in [-0.25, -0.2) is 0 Å². The molecule has 0 heterocycles. The van der Waals surface area contributed by atoms with Crippen LogP contribution in [-0.4, -0.2) is 25.3 Å². The minimum absolute atomic E-state index is 0.0860. The van der Waals surface area contributed by atoms with Crippen LogP contribution in [0.5, 0.6) is 5.75 Å². The summed E-state index contributed by atoms with van der Waals surface area (Å²) in [5.41, 5.74) is 0.579. The molecule has 3 nitrogen and oxygen atoms in total. The summed E-state index contributed by atoms with van der Waals surface area (Å²) >= 11 is 1.80. The zero-order valence-corrected chi connectivity index (χ0v) is 12.9. The summed E-state index contributed by atoms with van der Waals surface area (Å²) < 4.78 is 5.19. The van der Waals surface area contributed by atoms with E-state index in [4.69, 9.17) is 4.74 Å². The number of nitrogens with one attached hydrogen (secondary N) is 1. The van der Waals surface area contributed by atoms with Crippen LogP contribution in [0.3, 0.4) is 0 Å². The summed E-state index contributed by atoms with van der Waals surface area (Å²) in [4.78, 5) is 13.3. The Hall–Kier alpha value is -1.94. The standard InChI is InChI=1S/C17H19NO2S/c1-20-16-11-6-5-10-15(16)17(19)18-12-7-13-21-14-8-3-2-4-9-14/h2-6,8-11H,7,12-13H2,1H3,(H,18,19). The fourth-order valence-corrected chi connectivity index (χ4v) is 2.78. The van der Waals surface area contributed by atoms with Gasteiger partial charge in [0.25, 0.3) is 5.91 Å². The van der Waals surface area contributed by atoms with Crippen molar-refractivity contribution in [1.82, 2.24) is 5.32 Å². The van der Waals surface area contributed by atoms with Crippen LogP contribution in [0, 0.1) is 0 Å². The number of carbonyl (C=O) groups excluding carboxylic acids is 1. The number of hydrogen-bond acceptors (Lipinski definition) is 3. The molecule has 0 aliphatic carbocycles. The van der Waals surface area contributed by atoms with Crippen molar-refractivity contribution in [2.45, 2.75) is 11.3 Å². The molecule has 2 aromatic rings. The van der Waals surface area contributed by atoms with Crippen LogP contribution in [0.25, 0.3) is 0 Å². The van der Waals surface area contributed by atoms with Crippen molar-refractivity contribution in [3.63, 3.8) is 0 Å². The Balaban J connectivity index is 1.72. The second-order valence-corrected chi connectivity index (χ2v) is 5.64. The summed E-state index contributed by atoms with van der Waals surface area (Å²) in [7, 11) is 1.57. The number of para-hydroxylation sites is 1. The summed E-state index contributed by atoms with van der Waals surface area (Å²) in [6, 6.07) is 17.5. The third-order valence-electron chi connectivity index (χ3n) is 2.97. The maximum atomic E-state index is 12.1. The van der Waals surface area contributed by atoms with Gasteiger partial charge in [-0.1, -0.05) is 30.3 Å². The average molecular weight is 301 g/mol. The fourth-order valence-electron chi connectivity index (χ4n) is 1.91. The number of hydrogen-bond donors (Lipinski definition) is 1. The van der Waals surface area contributed by atoms with Gasteiger partial charge in [0.2, 0.25) is 0 Å². The number of rotatable bonds is 7. The summed E-state index contributed by atoms with van der Waals surface area (Å²) in [5, 5.41) is 2.93. The van der Waals surface area contributed by atoms with Crippen molar-refractivity contribution in [2.75, 3.05) is 19.4 Å². The lowest BCUT2D eigenvalue weighted by molar-refractivity contribution is 0.0951. The van der Waals surface area contributed by atoms with E-state index in [0.29, 0.717) is 17.9 Å². The van der Waals surface area contributed by atoms with Gasteiger partial charge in [0.15, 0.2) is 0 Å². The van der Waals surface area contributed by atoms with Crippen LogP contribution in [-0.2, 0) is 0 Å². The maximum Gasteiger partial charge on any atom is 0.255 e. The van der Waals surface area contributed by atoms with Gasteiger partial charge in [-0.05, 0) is 36.4 Å². The van der Waals surface area contributed by atoms with Gasteiger partial charge in [-0.2, -0.15) is 0 Å². The molecule has 0 radical (unpaired) electrons.